The maximum Gasteiger partial charge on any atom is 0.307 e. The van der Waals surface area contributed by atoms with Crippen LogP contribution in [0.5, 0.6) is 5.75 Å². The molecule has 1 heterocycles. The van der Waals surface area contributed by atoms with Crippen LogP contribution in [0.25, 0.3) is 22.2 Å². The fourth-order valence-electron chi connectivity index (χ4n) is 3.35. The van der Waals surface area contributed by atoms with Gasteiger partial charge in [0.15, 0.2) is 0 Å². The first-order chi connectivity index (χ1) is 12.9. The first-order valence-electron chi connectivity index (χ1n) is 9.23. The van der Waals surface area contributed by atoms with Gasteiger partial charge in [0.2, 0.25) is 0 Å². The minimum Gasteiger partial charge on any atom is -0.493 e. The van der Waals surface area contributed by atoms with Gasteiger partial charge in [0.05, 0.1) is 18.7 Å². The first-order valence-corrected chi connectivity index (χ1v) is 10.0. The van der Waals surface area contributed by atoms with E-state index in [-0.39, 0.29) is 6.42 Å². The predicted octanol–water partition coefficient (Wildman–Crippen LogP) is 6.14. The zero-order valence-corrected chi connectivity index (χ0v) is 17.4. The number of ether oxygens (including phenoxy) is 1. The zero-order valence-electron chi connectivity index (χ0n) is 15.8. The van der Waals surface area contributed by atoms with E-state index in [1.807, 2.05) is 31.2 Å². The molecule has 2 N–H and O–H groups in total. The summed E-state index contributed by atoms with van der Waals surface area (Å²) in [5.74, 6) is 0.315. The Morgan fingerprint density at radius 1 is 1.22 bits per heavy atom. The van der Waals surface area contributed by atoms with E-state index in [0.29, 0.717) is 12.5 Å². The van der Waals surface area contributed by atoms with Crippen LogP contribution in [0.4, 0.5) is 0 Å². The van der Waals surface area contributed by atoms with Crippen LogP contribution in [0.2, 0.25) is 0 Å². The maximum absolute atomic E-state index is 11.6. The molecular weight excluding hydrogens is 406 g/mol. The highest BCUT2D eigenvalue weighted by Crippen LogP contribution is 2.38. The standard InChI is InChI=1S/C22H24BrNO3/c1-4-13(3)14-6-8-19-16(10-14)17(12-21(25)26)22(24-19)18-11-15(23)7-9-20(18)27-5-2/h6-11,13,24H,4-5,12H2,1-3H3,(H,25,26). The Bertz CT molecular complexity index is 977. The molecule has 0 radical (unpaired) electrons. The Balaban J connectivity index is 2.26. The molecule has 5 heteroatoms. The van der Waals surface area contributed by atoms with E-state index in [0.717, 1.165) is 44.4 Å². The fourth-order valence-corrected chi connectivity index (χ4v) is 3.71. The van der Waals surface area contributed by atoms with Gasteiger partial charge in [-0.3, -0.25) is 4.79 Å². The number of carbonyl (C=O) groups is 1. The average Bonchev–Trinajstić information content (AvgIpc) is 2.99. The van der Waals surface area contributed by atoms with Crippen molar-refractivity contribution in [1.82, 2.24) is 4.98 Å². The van der Waals surface area contributed by atoms with Crippen LogP contribution >= 0.6 is 15.9 Å². The molecule has 4 nitrogen and oxygen atoms in total. The van der Waals surface area contributed by atoms with E-state index >= 15 is 0 Å². The van der Waals surface area contributed by atoms with Crippen molar-refractivity contribution in [3.63, 3.8) is 0 Å². The van der Waals surface area contributed by atoms with Gasteiger partial charge in [-0.15, -0.1) is 0 Å². The molecule has 3 aromatic rings. The molecule has 27 heavy (non-hydrogen) atoms. The van der Waals surface area contributed by atoms with Gasteiger partial charge in [0, 0.05) is 20.9 Å². The molecule has 142 valence electrons. The number of aromatic nitrogens is 1. The third kappa shape index (κ3) is 4.03. The Morgan fingerprint density at radius 3 is 2.67 bits per heavy atom. The van der Waals surface area contributed by atoms with Crippen LogP contribution in [0.15, 0.2) is 40.9 Å². The number of aromatic amines is 1. The highest BCUT2D eigenvalue weighted by molar-refractivity contribution is 9.10. The third-order valence-electron chi connectivity index (χ3n) is 4.95. The van der Waals surface area contributed by atoms with Crippen molar-refractivity contribution < 1.29 is 14.6 Å². The van der Waals surface area contributed by atoms with Gasteiger partial charge in [-0.1, -0.05) is 35.8 Å². The van der Waals surface area contributed by atoms with Crippen LogP contribution < -0.4 is 4.74 Å². The fraction of sp³-hybridized carbons (Fsp3) is 0.318. The number of nitrogens with one attached hydrogen (secondary N) is 1. The molecule has 0 fully saturated rings. The minimum atomic E-state index is -0.848. The molecule has 3 rings (SSSR count). The van der Waals surface area contributed by atoms with Crippen molar-refractivity contribution in [2.45, 2.75) is 39.5 Å². The van der Waals surface area contributed by atoms with E-state index in [1.165, 1.54) is 5.56 Å². The smallest absolute Gasteiger partial charge is 0.307 e. The molecule has 2 aromatic carbocycles. The van der Waals surface area contributed by atoms with E-state index < -0.39 is 5.97 Å². The average molecular weight is 430 g/mol. The lowest BCUT2D eigenvalue weighted by molar-refractivity contribution is -0.136. The second-order valence-corrected chi connectivity index (χ2v) is 7.65. The summed E-state index contributed by atoms with van der Waals surface area (Å²) < 4.78 is 6.71. The van der Waals surface area contributed by atoms with Crippen molar-refractivity contribution in [2.24, 2.45) is 0 Å². The summed E-state index contributed by atoms with van der Waals surface area (Å²) in [4.78, 5) is 15.0. The molecule has 0 aliphatic heterocycles. The number of H-pyrrole nitrogens is 1. The molecule has 1 aromatic heterocycles. The Labute approximate surface area is 167 Å². The van der Waals surface area contributed by atoms with Gasteiger partial charge in [0.25, 0.3) is 0 Å². The largest absolute Gasteiger partial charge is 0.493 e. The van der Waals surface area contributed by atoms with Crippen LogP contribution in [0, 0.1) is 0 Å². The van der Waals surface area contributed by atoms with Crippen molar-refractivity contribution in [2.75, 3.05) is 6.61 Å². The number of carboxylic acids is 1. The van der Waals surface area contributed by atoms with Crippen molar-refractivity contribution >= 4 is 32.8 Å². The summed E-state index contributed by atoms with van der Waals surface area (Å²) in [6.07, 6.45) is 0.995. The lowest BCUT2D eigenvalue weighted by atomic mass is 9.95. The van der Waals surface area contributed by atoms with E-state index in [1.54, 1.807) is 0 Å². The van der Waals surface area contributed by atoms with Gasteiger partial charge >= 0.3 is 5.97 Å². The summed E-state index contributed by atoms with van der Waals surface area (Å²) >= 11 is 3.52. The summed E-state index contributed by atoms with van der Waals surface area (Å²) in [6, 6.07) is 12.1. The van der Waals surface area contributed by atoms with Gasteiger partial charge < -0.3 is 14.8 Å². The molecule has 0 aliphatic rings. The number of hydrogen-bond acceptors (Lipinski definition) is 2. The number of fused-ring (bicyclic) bond motifs is 1. The number of benzene rings is 2. The second-order valence-electron chi connectivity index (χ2n) is 6.74. The molecule has 0 amide bonds. The lowest BCUT2D eigenvalue weighted by Crippen LogP contribution is -2.02. The Kier molecular flexibility index (Phi) is 5.90. The molecule has 0 saturated carbocycles. The zero-order chi connectivity index (χ0) is 19.6. The van der Waals surface area contributed by atoms with Crippen LogP contribution in [-0.4, -0.2) is 22.7 Å². The summed E-state index contributed by atoms with van der Waals surface area (Å²) in [5, 5.41) is 10.5. The van der Waals surface area contributed by atoms with Gasteiger partial charge in [-0.2, -0.15) is 0 Å². The summed E-state index contributed by atoms with van der Waals surface area (Å²) in [5.41, 5.74) is 4.63. The highest BCUT2D eigenvalue weighted by Gasteiger charge is 2.20. The van der Waals surface area contributed by atoms with E-state index in [4.69, 9.17) is 4.74 Å². The summed E-state index contributed by atoms with van der Waals surface area (Å²) in [6.45, 7) is 6.83. The molecule has 0 spiro atoms. The van der Waals surface area contributed by atoms with Gasteiger partial charge in [0.1, 0.15) is 5.75 Å². The maximum atomic E-state index is 11.6. The van der Waals surface area contributed by atoms with Gasteiger partial charge in [-0.05, 0) is 60.7 Å². The first kappa shape index (κ1) is 19.5. The number of carboxylic acid groups (broad SMARTS) is 1. The normalized spacial score (nSPS) is 12.3. The Hall–Kier alpha value is -2.27. The second kappa shape index (κ2) is 8.17. The predicted molar refractivity (Wildman–Crippen MR) is 113 cm³/mol. The number of aliphatic carboxylic acids is 1. The van der Waals surface area contributed by atoms with Crippen LogP contribution in [-0.2, 0) is 11.2 Å². The molecule has 1 atom stereocenters. The monoisotopic (exact) mass is 429 g/mol. The Morgan fingerprint density at radius 2 is 2.00 bits per heavy atom. The van der Waals surface area contributed by atoms with Crippen molar-refractivity contribution in [3.8, 4) is 17.0 Å². The number of hydrogen-bond donors (Lipinski definition) is 2. The van der Waals surface area contributed by atoms with Crippen molar-refractivity contribution in [3.05, 3.63) is 52.0 Å². The number of halogens is 1. The van der Waals surface area contributed by atoms with Crippen LogP contribution in [0.1, 0.15) is 44.2 Å². The lowest BCUT2D eigenvalue weighted by Gasteiger charge is -2.11. The highest BCUT2D eigenvalue weighted by atomic mass is 79.9. The third-order valence-corrected chi connectivity index (χ3v) is 5.44. The molecule has 0 bridgehead atoms. The number of rotatable bonds is 7. The minimum absolute atomic E-state index is 0.0443. The SMILES string of the molecule is CCOc1ccc(Br)cc1-c1[nH]c2ccc(C(C)CC)cc2c1CC(=O)O. The molecule has 1 unspecified atom stereocenters. The topological polar surface area (TPSA) is 62.3 Å². The quantitative estimate of drug-likeness (QED) is 0.474. The van der Waals surface area contributed by atoms with E-state index in [9.17, 15) is 9.90 Å². The van der Waals surface area contributed by atoms with Gasteiger partial charge in [-0.25, -0.2) is 0 Å². The summed E-state index contributed by atoms with van der Waals surface area (Å²) in [7, 11) is 0. The molecule has 0 aliphatic carbocycles. The molecular formula is C22H24BrNO3. The van der Waals surface area contributed by atoms with Crippen molar-refractivity contribution in [1.29, 1.82) is 0 Å². The van der Waals surface area contributed by atoms with E-state index in [2.05, 4.69) is 46.9 Å². The molecule has 0 saturated heterocycles. The van der Waals surface area contributed by atoms with Crippen LogP contribution in [0.3, 0.4) is 0 Å².